The van der Waals surface area contributed by atoms with E-state index in [2.05, 4.69) is 47.5 Å². The average Bonchev–Trinajstić information content (AvgIpc) is 3.52. The summed E-state index contributed by atoms with van der Waals surface area (Å²) in [6.45, 7) is 1.58. The fraction of sp³-hybridized carbons (Fsp3) is 0.138. The Bertz CT molecular complexity index is 1700. The van der Waals surface area contributed by atoms with Gasteiger partial charge in [0.2, 0.25) is 0 Å². The molecule has 0 atom stereocenters. The molecule has 0 aliphatic heterocycles. The van der Waals surface area contributed by atoms with E-state index in [0.717, 1.165) is 74.4 Å². The third-order valence-electron chi connectivity index (χ3n) is 6.44. The maximum Gasteiger partial charge on any atom is 0.138 e. The molecular formula is C29H26FN7. The van der Waals surface area contributed by atoms with Crippen LogP contribution in [0.15, 0.2) is 79.3 Å². The van der Waals surface area contributed by atoms with Crippen LogP contribution in [0.1, 0.15) is 0 Å². The number of aromatic nitrogens is 5. The summed E-state index contributed by atoms with van der Waals surface area (Å²) in [7, 11) is 4.02. The number of nitrogens with one attached hydrogen (secondary N) is 3. The molecule has 0 bridgehead atoms. The van der Waals surface area contributed by atoms with Gasteiger partial charge < -0.3 is 15.2 Å². The molecule has 8 heteroatoms. The molecule has 6 aromatic rings. The number of nitrogens with zero attached hydrogens (tertiary/aromatic N) is 4. The van der Waals surface area contributed by atoms with Gasteiger partial charge in [0.25, 0.3) is 0 Å². The van der Waals surface area contributed by atoms with E-state index < -0.39 is 0 Å². The molecule has 0 radical (unpaired) electrons. The van der Waals surface area contributed by atoms with Gasteiger partial charge in [-0.2, -0.15) is 5.10 Å². The highest BCUT2D eigenvalue weighted by Crippen LogP contribution is 2.35. The molecule has 0 spiro atoms. The highest BCUT2D eigenvalue weighted by atomic mass is 19.1. The lowest BCUT2D eigenvalue weighted by Gasteiger charge is -2.13. The Kier molecular flexibility index (Phi) is 5.86. The normalized spacial score (nSPS) is 11.6. The molecule has 0 saturated carbocycles. The molecule has 0 aliphatic rings. The van der Waals surface area contributed by atoms with Gasteiger partial charge in [-0.3, -0.25) is 10.1 Å². The fourth-order valence-electron chi connectivity index (χ4n) is 4.61. The molecule has 7 nitrogen and oxygen atoms in total. The van der Waals surface area contributed by atoms with E-state index in [4.69, 9.17) is 0 Å². The number of halogens is 1. The number of likely N-dealkylation sites (N-methyl/N-ethyl adjacent to an activating group) is 1. The summed E-state index contributed by atoms with van der Waals surface area (Å²) in [6, 6.07) is 19.2. The van der Waals surface area contributed by atoms with Crippen LogP contribution in [0.3, 0.4) is 0 Å². The van der Waals surface area contributed by atoms with Gasteiger partial charge in [0.05, 0.1) is 11.2 Å². The van der Waals surface area contributed by atoms with Crippen LogP contribution in [0.5, 0.6) is 0 Å². The van der Waals surface area contributed by atoms with Crippen molar-refractivity contribution < 1.29 is 4.39 Å². The average molecular weight is 492 g/mol. The van der Waals surface area contributed by atoms with Crippen molar-refractivity contribution in [2.75, 3.05) is 32.5 Å². The second-order valence-corrected chi connectivity index (χ2v) is 9.34. The summed E-state index contributed by atoms with van der Waals surface area (Å²) >= 11 is 0. The first-order valence-electron chi connectivity index (χ1n) is 12.1. The molecule has 184 valence electrons. The van der Waals surface area contributed by atoms with Gasteiger partial charge in [-0.25, -0.2) is 9.37 Å². The molecular weight excluding hydrogens is 465 g/mol. The monoisotopic (exact) mass is 491 g/mol. The predicted molar refractivity (Wildman–Crippen MR) is 147 cm³/mol. The van der Waals surface area contributed by atoms with Gasteiger partial charge in [0.1, 0.15) is 17.2 Å². The Balaban J connectivity index is 1.41. The highest BCUT2D eigenvalue weighted by molar-refractivity contribution is 6.00. The SMILES string of the molecule is CN(C)CCNc1cc(F)cc(-c2ccnc3[nH]c(-c4n[nH]c5ccc(-c6cccnc6)cc45)cc23)c1. The summed E-state index contributed by atoms with van der Waals surface area (Å²) in [4.78, 5) is 14.3. The van der Waals surface area contributed by atoms with Crippen LogP contribution in [-0.2, 0) is 0 Å². The van der Waals surface area contributed by atoms with E-state index in [-0.39, 0.29) is 5.82 Å². The van der Waals surface area contributed by atoms with Crippen LogP contribution in [0.4, 0.5) is 10.1 Å². The molecule has 37 heavy (non-hydrogen) atoms. The van der Waals surface area contributed by atoms with Crippen LogP contribution in [0.2, 0.25) is 0 Å². The lowest BCUT2D eigenvalue weighted by Crippen LogP contribution is -2.20. The van der Waals surface area contributed by atoms with Gasteiger partial charge in [0, 0.05) is 53.7 Å². The second-order valence-electron chi connectivity index (χ2n) is 9.34. The van der Waals surface area contributed by atoms with Crippen LogP contribution >= 0.6 is 0 Å². The molecule has 0 unspecified atom stereocenters. The largest absolute Gasteiger partial charge is 0.384 e. The number of fused-ring (bicyclic) bond motifs is 2. The fourth-order valence-corrected chi connectivity index (χ4v) is 4.61. The standard InChI is InChI=1S/C29H26FN7/c1-37(2)11-10-32-22-13-20(12-21(30)15-22)23-7-9-33-29-24(23)16-27(34-29)28-25-14-18(5-6-26(25)35-36-28)19-4-3-8-31-17-19/h3-9,12-17,32H,10-11H2,1-2H3,(H,33,34)(H,35,36). The van der Waals surface area contributed by atoms with Gasteiger partial charge in [-0.1, -0.05) is 12.1 Å². The lowest BCUT2D eigenvalue weighted by atomic mass is 10.0. The third kappa shape index (κ3) is 4.54. The Labute approximate surface area is 213 Å². The molecule has 0 amide bonds. The van der Waals surface area contributed by atoms with Crippen LogP contribution in [0.25, 0.3) is 55.6 Å². The van der Waals surface area contributed by atoms with E-state index in [1.165, 1.54) is 6.07 Å². The molecule has 0 aliphatic carbocycles. The zero-order chi connectivity index (χ0) is 25.4. The summed E-state index contributed by atoms with van der Waals surface area (Å²) in [5.74, 6) is -0.285. The minimum atomic E-state index is -0.285. The van der Waals surface area contributed by atoms with Gasteiger partial charge in [-0.05, 0) is 79.3 Å². The van der Waals surface area contributed by atoms with Crippen molar-refractivity contribution >= 4 is 27.6 Å². The number of hydrogen-bond donors (Lipinski definition) is 3. The molecule has 2 aromatic carbocycles. The summed E-state index contributed by atoms with van der Waals surface area (Å²) in [5.41, 5.74) is 7.84. The van der Waals surface area contributed by atoms with Crippen LogP contribution in [0, 0.1) is 5.82 Å². The summed E-state index contributed by atoms with van der Waals surface area (Å²) < 4.78 is 14.6. The number of aromatic amines is 2. The van der Waals surface area contributed by atoms with E-state index in [1.807, 2.05) is 56.7 Å². The van der Waals surface area contributed by atoms with Gasteiger partial charge in [-0.15, -0.1) is 0 Å². The molecule has 0 saturated heterocycles. The molecule has 3 N–H and O–H groups in total. The first-order chi connectivity index (χ1) is 18.0. The maximum atomic E-state index is 14.6. The van der Waals surface area contributed by atoms with Crippen molar-refractivity contribution in [3.05, 3.63) is 85.1 Å². The number of pyridine rings is 2. The number of hydrogen-bond acceptors (Lipinski definition) is 5. The van der Waals surface area contributed by atoms with Crippen molar-refractivity contribution in [1.29, 1.82) is 0 Å². The number of rotatable bonds is 7. The zero-order valence-electron chi connectivity index (χ0n) is 20.6. The Morgan fingerprint density at radius 2 is 1.84 bits per heavy atom. The van der Waals surface area contributed by atoms with E-state index in [1.54, 1.807) is 18.5 Å². The highest BCUT2D eigenvalue weighted by Gasteiger charge is 2.15. The first-order valence-corrected chi connectivity index (χ1v) is 12.1. The molecule has 4 aromatic heterocycles. The Hall–Kier alpha value is -4.56. The quantitative estimate of drug-likeness (QED) is 0.257. The van der Waals surface area contributed by atoms with E-state index in [9.17, 15) is 4.39 Å². The second kappa shape index (κ2) is 9.48. The number of H-pyrrole nitrogens is 2. The van der Waals surface area contributed by atoms with Crippen molar-refractivity contribution in [1.82, 2.24) is 30.0 Å². The minimum Gasteiger partial charge on any atom is -0.384 e. The number of benzene rings is 2. The number of anilines is 1. The van der Waals surface area contributed by atoms with E-state index in [0.29, 0.717) is 0 Å². The third-order valence-corrected chi connectivity index (χ3v) is 6.44. The Morgan fingerprint density at radius 1 is 0.919 bits per heavy atom. The van der Waals surface area contributed by atoms with Gasteiger partial charge >= 0.3 is 0 Å². The topological polar surface area (TPSA) is 85.5 Å². The van der Waals surface area contributed by atoms with Crippen molar-refractivity contribution in [2.24, 2.45) is 0 Å². The first kappa shape index (κ1) is 22.9. The minimum absolute atomic E-state index is 0.285. The predicted octanol–water partition coefficient (Wildman–Crippen LogP) is 5.95. The van der Waals surface area contributed by atoms with E-state index >= 15 is 0 Å². The van der Waals surface area contributed by atoms with Gasteiger partial charge in [0.15, 0.2) is 0 Å². The smallest absolute Gasteiger partial charge is 0.138 e. The summed E-state index contributed by atoms with van der Waals surface area (Å²) in [6.07, 6.45) is 5.36. The van der Waals surface area contributed by atoms with Crippen molar-refractivity contribution in [3.63, 3.8) is 0 Å². The lowest BCUT2D eigenvalue weighted by molar-refractivity contribution is 0.425. The van der Waals surface area contributed by atoms with Crippen molar-refractivity contribution in [2.45, 2.75) is 0 Å². The van der Waals surface area contributed by atoms with Crippen LogP contribution in [-0.4, -0.2) is 57.2 Å². The zero-order valence-corrected chi connectivity index (χ0v) is 20.6. The van der Waals surface area contributed by atoms with Crippen molar-refractivity contribution in [3.8, 4) is 33.6 Å². The molecule has 0 fully saturated rings. The molecule has 6 rings (SSSR count). The van der Waals surface area contributed by atoms with Crippen LogP contribution < -0.4 is 5.32 Å². The Morgan fingerprint density at radius 3 is 2.68 bits per heavy atom. The maximum absolute atomic E-state index is 14.6. The summed E-state index contributed by atoms with van der Waals surface area (Å²) in [5, 5.41) is 12.9. The molecule has 4 heterocycles.